The Bertz CT molecular complexity index is 903. The number of nitrogens with zero attached hydrogens (tertiary/aromatic N) is 9. The van der Waals surface area contributed by atoms with Crippen LogP contribution in [0.5, 0.6) is 0 Å². The predicted molar refractivity (Wildman–Crippen MR) is 95.9 cm³/mol. The van der Waals surface area contributed by atoms with Crippen LogP contribution < -0.4 is 0 Å². The summed E-state index contributed by atoms with van der Waals surface area (Å²) in [5, 5.41) is 17.1. The van der Waals surface area contributed by atoms with Crippen LogP contribution in [0.2, 0.25) is 0 Å². The highest BCUT2D eigenvalue weighted by atomic mass is 16.2. The maximum atomic E-state index is 12.6. The number of amides is 1. The molecule has 0 bridgehead atoms. The highest BCUT2D eigenvalue weighted by molar-refractivity contribution is 5.93. The van der Waals surface area contributed by atoms with Crippen molar-refractivity contribution in [2.75, 3.05) is 13.1 Å². The standard InChI is InChI=1S/C17H23N9O/c1-3-26-15(10-25-12-18-11-20-25)21-22-16(26)13-4-6-24(7-5-13)17(27)14-8-19-23(2)9-14/h8-9,11-13H,3-7,10H2,1-2H3. The van der Waals surface area contributed by atoms with Crippen molar-refractivity contribution in [1.82, 2.24) is 44.2 Å². The largest absolute Gasteiger partial charge is 0.339 e. The van der Waals surface area contributed by atoms with E-state index in [1.54, 1.807) is 28.1 Å². The Hall–Kier alpha value is -3.04. The number of aromatic nitrogens is 8. The number of aryl methyl sites for hydroxylation is 1. The van der Waals surface area contributed by atoms with Crippen LogP contribution in [0.25, 0.3) is 0 Å². The molecule has 4 rings (SSSR count). The van der Waals surface area contributed by atoms with Gasteiger partial charge in [0.05, 0.1) is 11.8 Å². The van der Waals surface area contributed by atoms with Gasteiger partial charge in [0.1, 0.15) is 25.0 Å². The summed E-state index contributed by atoms with van der Waals surface area (Å²) >= 11 is 0. The van der Waals surface area contributed by atoms with Gasteiger partial charge in [-0.2, -0.15) is 10.2 Å². The molecule has 27 heavy (non-hydrogen) atoms. The van der Waals surface area contributed by atoms with Crippen molar-refractivity contribution in [1.29, 1.82) is 0 Å². The fourth-order valence-electron chi connectivity index (χ4n) is 3.63. The van der Waals surface area contributed by atoms with Gasteiger partial charge in [-0.15, -0.1) is 10.2 Å². The third-order valence-electron chi connectivity index (χ3n) is 5.04. The number of likely N-dealkylation sites (tertiary alicyclic amines) is 1. The number of carbonyl (C=O) groups is 1. The second kappa shape index (κ2) is 7.29. The molecule has 3 aromatic rings. The minimum absolute atomic E-state index is 0.0466. The summed E-state index contributed by atoms with van der Waals surface area (Å²) in [5.41, 5.74) is 0.641. The average Bonchev–Trinajstić information content (AvgIpc) is 3.43. The van der Waals surface area contributed by atoms with Crippen molar-refractivity contribution in [2.45, 2.75) is 38.8 Å². The molecule has 0 radical (unpaired) electrons. The van der Waals surface area contributed by atoms with E-state index in [2.05, 4.69) is 36.9 Å². The lowest BCUT2D eigenvalue weighted by Crippen LogP contribution is -2.38. The van der Waals surface area contributed by atoms with Gasteiger partial charge in [0, 0.05) is 38.8 Å². The summed E-state index contributed by atoms with van der Waals surface area (Å²) in [5.74, 6) is 2.23. The van der Waals surface area contributed by atoms with Crippen molar-refractivity contribution in [2.24, 2.45) is 7.05 Å². The maximum absolute atomic E-state index is 12.6. The summed E-state index contributed by atoms with van der Waals surface area (Å²) in [6.07, 6.45) is 8.34. The second-order valence-electron chi connectivity index (χ2n) is 6.78. The monoisotopic (exact) mass is 369 g/mol. The van der Waals surface area contributed by atoms with E-state index >= 15 is 0 Å². The van der Waals surface area contributed by atoms with Gasteiger partial charge in [-0.3, -0.25) is 9.48 Å². The van der Waals surface area contributed by atoms with Gasteiger partial charge in [0.2, 0.25) is 0 Å². The van der Waals surface area contributed by atoms with Crippen LogP contribution in [0, 0.1) is 0 Å². The van der Waals surface area contributed by atoms with E-state index in [0.717, 1.165) is 31.0 Å². The van der Waals surface area contributed by atoms with Gasteiger partial charge in [0.25, 0.3) is 5.91 Å². The van der Waals surface area contributed by atoms with E-state index in [1.165, 1.54) is 6.33 Å². The Balaban J connectivity index is 1.43. The lowest BCUT2D eigenvalue weighted by molar-refractivity contribution is 0.0710. The number of hydrogen-bond acceptors (Lipinski definition) is 6. The molecular weight excluding hydrogens is 346 g/mol. The quantitative estimate of drug-likeness (QED) is 0.656. The van der Waals surface area contributed by atoms with E-state index in [4.69, 9.17) is 0 Å². The molecule has 0 saturated carbocycles. The van der Waals surface area contributed by atoms with Gasteiger partial charge >= 0.3 is 0 Å². The van der Waals surface area contributed by atoms with Crippen LogP contribution in [0.4, 0.5) is 0 Å². The van der Waals surface area contributed by atoms with E-state index in [1.807, 2.05) is 11.9 Å². The molecule has 1 fully saturated rings. The lowest BCUT2D eigenvalue weighted by Gasteiger charge is -2.31. The molecule has 1 saturated heterocycles. The fraction of sp³-hybridized carbons (Fsp3) is 0.529. The van der Waals surface area contributed by atoms with Crippen LogP contribution in [-0.4, -0.2) is 63.2 Å². The minimum Gasteiger partial charge on any atom is -0.339 e. The van der Waals surface area contributed by atoms with Gasteiger partial charge in [0.15, 0.2) is 5.82 Å². The van der Waals surface area contributed by atoms with Gasteiger partial charge in [-0.05, 0) is 19.8 Å². The van der Waals surface area contributed by atoms with Gasteiger partial charge < -0.3 is 9.47 Å². The number of carbonyl (C=O) groups excluding carboxylic acids is 1. The molecule has 1 aliphatic heterocycles. The molecule has 142 valence electrons. The van der Waals surface area contributed by atoms with Crippen molar-refractivity contribution in [3.63, 3.8) is 0 Å². The third kappa shape index (κ3) is 3.46. The topological polar surface area (TPSA) is 99.5 Å². The first-order chi connectivity index (χ1) is 13.2. The predicted octanol–water partition coefficient (Wildman–Crippen LogP) is 0.691. The first kappa shape index (κ1) is 17.4. The number of rotatable bonds is 5. The zero-order valence-electron chi connectivity index (χ0n) is 15.6. The molecule has 0 N–H and O–H groups in total. The fourth-order valence-corrected chi connectivity index (χ4v) is 3.63. The third-order valence-corrected chi connectivity index (χ3v) is 5.04. The SMILES string of the molecule is CCn1c(Cn2cncn2)nnc1C1CCN(C(=O)c2cnn(C)c2)CC1. The summed E-state index contributed by atoms with van der Waals surface area (Å²) in [4.78, 5) is 18.5. The Morgan fingerprint density at radius 2 is 2.04 bits per heavy atom. The van der Waals surface area contributed by atoms with Gasteiger partial charge in [-0.25, -0.2) is 9.67 Å². The molecular formula is C17H23N9O. The molecule has 0 aliphatic carbocycles. The summed E-state index contributed by atoms with van der Waals surface area (Å²) < 4.78 is 5.56. The second-order valence-corrected chi connectivity index (χ2v) is 6.78. The molecule has 0 atom stereocenters. The first-order valence-electron chi connectivity index (χ1n) is 9.18. The molecule has 3 aromatic heterocycles. The molecule has 1 amide bonds. The molecule has 0 spiro atoms. The van der Waals surface area contributed by atoms with E-state index in [-0.39, 0.29) is 5.91 Å². The Morgan fingerprint density at radius 1 is 1.22 bits per heavy atom. The molecule has 10 heteroatoms. The van der Waals surface area contributed by atoms with Crippen LogP contribution >= 0.6 is 0 Å². The Morgan fingerprint density at radius 3 is 2.67 bits per heavy atom. The van der Waals surface area contributed by atoms with Crippen molar-refractivity contribution < 1.29 is 4.79 Å². The first-order valence-corrected chi connectivity index (χ1v) is 9.18. The smallest absolute Gasteiger partial charge is 0.257 e. The Labute approximate surface area is 156 Å². The molecule has 4 heterocycles. The molecule has 0 unspecified atom stereocenters. The Kier molecular flexibility index (Phi) is 4.69. The van der Waals surface area contributed by atoms with Crippen molar-refractivity contribution >= 4 is 5.91 Å². The highest BCUT2D eigenvalue weighted by Crippen LogP contribution is 2.28. The van der Waals surface area contributed by atoms with Gasteiger partial charge in [-0.1, -0.05) is 0 Å². The minimum atomic E-state index is 0.0466. The number of hydrogen-bond donors (Lipinski definition) is 0. The van der Waals surface area contributed by atoms with Crippen LogP contribution in [0.1, 0.15) is 47.7 Å². The van der Waals surface area contributed by atoms with Crippen LogP contribution in [0.3, 0.4) is 0 Å². The summed E-state index contributed by atoms with van der Waals surface area (Å²) in [6.45, 7) is 4.89. The zero-order valence-corrected chi connectivity index (χ0v) is 15.6. The zero-order chi connectivity index (χ0) is 18.8. The maximum Gasteiger partial charge on any atom is 0.257 e. The van der Waals surface area contributed by atoms with E-state index < -0.39 is 0 Å². The van der Waals surface area contributed by atoms with Crippen molar-refractivity contribution in [3.8, 4) is 0 Å². The summed E-state index contributed by atoms with van der Waals surface area (Å²) in [7, 11) is 1.82. The average molecular weight is 369 g/mol. The highest BCUT2D eigenvalue weighted by Gasteiger charge is 2.28. The normalized spacial score (nSPS) is 15.4. The number of piperidine rings is 1. The molecule has 0 aromatic carbocycles. The molecule has 1 aliphatic rings. The molecule has 10 nitrogen and oxygen atoms in total. The van der Waals surface area contributed by atoms with Crippen molar-refractivity contribution in [3.05, 3.63) is 42.3 Å². The van der Waals surface area contributed by atoms with Crippen LogP contribution in [0.15, 0.2) is 25.0 Å². The van der Waals surface area contributed by atoms with E-state index in [9.17, 15) is 4.79 Å². The van der Waals surface area contributed by atoms with Crippen LogP contribution in [-0.2, 0) is 20.1 Å². The van der Waals surface area contributed by atoms with E-state index in [0.29, 0.717) is 31.1 Å². The lowest BCUT2D eigenvalue weighted by atomic mass is 9.95. The summed E-state index contributed by atoms with van der Waals surface area (Å²) in [6, 6.07) is 0.